The quantitative estimate of drug-likeness (QED) is 0.855. The number of carbonyl (C=O) groups excluding carboxylic acids is 2. The van der Waals surface area contributed by atoms with Gasteiger partial charge in [0.05, 0.1) is 6.54 Å². The van der Waals surface area contributed by atoms with Gasteiger partial charge >= 0.3 is 0 Å². The number of benzene rings is 1. The first-order chi connectivity index (χ1) is 11.5. The van der Waals surface area contributed by atoms with E-state index in [4.69, 9.17) is 0 Å². The van der Waals surface area contributed by atoms with Crippen LogP contribution in [0.2, 0.25) is 0 Å². The first-order valence-corrected chi connectivity index (χ1v) is 9.07. The molecule has 0 unspecified atom stereocenters. The molecule has 0 heterocycles. The Hall–Kier alpha value is -1.84. The summed E-state index contributed by atoms with van der Waals surface area (Å²) in [6.45, 7) is 4.07. The molecule has 4 heteroatoms. The van der Waals surface area contributed by atoms with Crippen LogP contribution in [0.25, 0.3) is 0 Å². The van der Waals surface area contributed by atoms with E-state index in [2.05, 4.69) is 5.32 Å². The van der Waals surface area contributed by atoms with Crippen LogP contribution in [0.4, 0.5) is 5.69 Å². The summed E-state index contributed by atoms with van der Waals surface area (Å²) >= 11 is 0. The molecular formula is C20H30N2O2. The molecule has 0 atom stereocenters. The average molecular weight is 330 g/mol. The highest BCUT2D eigenvalue weighted by molar-refractivity contribution is 5.95. The Bertz CT molecular complexity index is 577. The third-order valence-electron chi connectivity index (χ3n) is 4.96. The molecule has 0 aliphatic heterocycles. The van der Waals surface area contributed by atoms with Gasteiger partial charge in [-0.3, -0.25) is 9.59 Å². The summed E-state index contributed by atoms with van der Waals surface area (Å²) in [6, 6.07) is 5.97. The summed E-state index contributed by atoms with van der Waals surface area (Å²) in [4.78, 5) is 26.0. The number of nitrogens with zero attached hydrogens (tertiary/aromatic N) is 1. The molecule has 1 aliphatic carbocycles. The molecule has 0 spiro atoms. The minimum atomic E-state index is -0.141. The summed E-state index contributed by atoms with van der Waals surface area (Å²) in [6.07, 6.45) is 7.96. The van der Waals surface area contributed by atoms with E-state index in [0.717, 1.165) is 23.2 Å². The molecule has 1 aromatic rings. The lowest BCUT2D eigenvalue weighted by atomic mass is 9.86. The number of anilines is 1. The topological polar surface area (TPSA) is 49.4 Å². The second-order valence-corrected chi connectivity index (χ2v) is 7.16. The standard InChI is InChI=1S/C20H30N2O2/c1-15-9-10-16(2)18(13-15)21-19(23)14-22(3)20(24)12-11-17-7-5-4-6-8-17/h9-10,13,17H,4-8,11-12,14H2,1-3H3,(H,21,23). The zero-order valence-corrected chi connectivity index (χ0v) is 15.2. The zero-order chi connectivity index (χ0) is 17.5. The highest BCUT2D eigenvalue weighted by Gasteiger charge is 2.18. The SMILES string of the molecule is Cc1ccc(C)c(NC(=O)CN(C)C(=O)CCC2CCCCC2)c1. The smallest absolute Gasteiger partial charge is 0.243 e. The summed E-state index contributed by atoms with van der Waals surface area (Å²) in [7, 11) is 1.71. The van der Waals surface area contributed by atoms with Crippen LogP contribution in [0.1, 0.15) is 56.1 Å². The van der Waals surface area contributed by atoms with Gasteiger partial charge in [-0.2, -0.15) is 0 Å². The maximum Gasteiger partial charge on any atom is 0.243 e. The second-order valence-electron chi connectivity index (χ2n) is 7.16. The molecule has 1 aliphatic rings. The van der Waals surface area contributed by atoms with Crippen molar-refractivity contribution in [3.05, 3.63) is 29.3 Å². The number of rotatable bonds is 6. The number of amides is 2. The Balaban J connectivity index is 1.77. The average Bonchev–Trinajstić information content (AvgIpc) is 2.56. The molecule has 2 rings (SSSR count). The lowest BCUT2D eigenvalue weighted by Gasteiger charge is -2.23. The van der Waals surface area contributed by atoms with Gasteiger partial charge < -0.3 is 10.2 Å². The van der Waals surface area contributed by atoms with Crippen LogP contribution in [0.3, 0.4) is 0 Å². The van der Waals surface area contributed by atoms with Gasteiger partial charge in [-0.25, -0.2) is 0 Å². The van der Waals surface area contributed by atoms with E-state index in [0.29, 0.717) is 12.3 Å². The van der Waals surface area contributed by atoms with Crippen molar-refractivity contribution in [2.75, 3.05) is 18.9 Å². The van der Waals surface area contributed by atoms with Crippen molar-refractivity contribution in [1.82, 2.24) is 4.90 Å². The van der Waals surface area contributed by atoms with Gasteiger partial charge in [0.2, 0.25) is 11.8 Å². The van der Waals surface area contributed by atoms with Gasteiger partial charge in [0.25, 0.3) is 0 Å². The predicted molar refractivity (Wildman–Crippen MR) is 98.0 cm³/mol. The van der Waals surface area contributed by atoms with E-state index in [1.54, 1.807) is 11.9 Å². The van der Waals surface area contributed by atoms with Gasteiger partial charge in [0.1, 0.15) is 0 Å². The molecule has 2 amide bonds. The number of hydrogen-bond donors (Lipinski definition) is 1. The minimum absolute atomic E-state index is 0.0664. The number of aryl methyl sites for hydroxylation is 2. The first-order valence-electron chi connectivity index (χ1n) is 9.07. The molecule has 1 fully saturated rings. The fourth-order valence-corrected chi connectivity index (χ4v) is 3.36. The number of likely N-dealkylation sites (N-methyl/N-ethyl adjacent to an activating group) is 1. The summed E-state index contributed by atoms with van der Waals surface area (Å²) in [5.41, 5.74) is 2.95. The monoisotopic (exact) mass is 330 g/mol. The molecule has 24 heavy (non-hydrogen) atoms. The molecule has 0 radical (unpaired) electrons. The number of nitrogens with one attached hydrogen (secondary N) is 1. The largest absolute Gasteiger partial charge is 0.336 e. The van der Waals surface area contributed by atoms with E-state index in [1.165, 1.54) is 32.1 Å². The van der Waals surface area contributed by atoms with Crippen molar-refractivity contribution in [2.24, 2.45) is 5.92 Å². The van der Waals surface area contributed by atoms with Crippen molar-refractivity contribution in [2.45, 2.75) is 58.8 Å². The van der Waals surface area contributed by atoms with Crippen LogP contribution in [0.5, 0.6) is 0 Å². The summed E-state index contributed by atoms with van der Waals surface area (Å²) in [5, 5.41) is 2.91. The Morgan fingerprint density at radius 1 is 1.17 bits per heavy atom. The van der Waals surface area contributed by atoms with E-state index in [-0.39, 0.29) is 18.4 Å². The van der Waals surface area contributed by atoms with E-state index < -0.39 is 0 Å². The molecular weight excluding hydrogens is 300 g/mol. The molecule has 0 bridgehead atoms. The maximum atomic E-state index is 12.2. The molecule has 1 aromatic carbocycles. The van der Waals surface area contributed by atoms with Crippen LogP contribution in [0.15, 0.2) is 18.2 Å². The van der Waals surface area contributed by atoms with Crippen molar-refractivity contribution >= 4 is 17.5 Å². The van der Waals surface area contributed by atoms with Gasteiger partial charge in [-0.1, -0.05) is 44.2 Å². The zero-order valence-electron chi connectivity index (χ0n) is 15.2. The highest BCUT2D eigenvalue weighted by atomic mass is 16.2. The Morgan fingerprint density at radius 3 is 2.58 bits per heavy atom. The van der Waals surface area contributed by atoms with Crippen molar-refractivity contribution in [1.29, 1.82) is 0 Å². The van der Waals surface area contributed by atoms with Crippen molar-refractivity contribution in [3.8, 4) is 0 Å². The van der Waals surface area contributed by atoms with Gasteiger partial charge in [-0.05, 0) is 43.4 Å². The third kappa shape index (κ3) is 5.66. The molecule has 0 aromatic heterocycles. The van der Waals surface area contributed by atoms with Crippen molar-refractivity contribution in [3.63, 3.8) is 0 Å². The molecule has 0 saturated heterocycles. The first kappa shape index (κ1) is 18.5. The Kier molecular flexibility index (Phi) is 6.83. The lowest BCUT2D eigenvalue weighted by molar-refractivity contribution is -0.133. The maximum absolute atomic E-state index is 12.2. The van der Waals surface area contributed by atoms with E-state index in [9.17, 15) is 9.59 Å². The lowest BCUT2D eigenvalue weighted by Crippen LogP contribution is -2.35. The van der Waals surface area contributed by atoms with Crippen LogP contribution < -0.4 is 5.32 Å². The summed E-state index contributed by atoms with van der Waals surface area (Å²) < 4.78 is 0. The molecule has 1 N–H and O–H groups in total. The molecule has 1 saturated carbocycles. The third-order valence-corrected chi connectivity index (χ3v) is 4.96. The fraction of sp³-hybridized carbons (Fsp3) is 0.600. The minimum Gasteiger partial charge on any atom is -0.336 e. The van der Waals surface area contributed by atoms with Crippen LogP contribution in [0, 0.1) is 19.8 Å². The Morgan fingerprint density at radius 2 is 1.88 bits per heavy atom. The number of hydrogen-bond acceptors (Lipinski definition) is 2. The van der Waals surface area contributed by atoms with Crippen molar-refractivity contribution < 1.29 is 9.59 Å². The van der Waals surface area contributed by atoms with Gasteiger partial charge in [0.15, 0.2) is 0 Å². The van der Waals surface area contributed by atoms with Crippen LogP contribution >= 0.6 is 0 Å². The van der Waals surface area contributed by atoms with E-state index >= 15 is 0 Å². The second kappa shape index (κ2) is 8.86. The molecule has 132 valence electrons. The predicted octanol–water partition coefficient (Wildman–Crippen LogP) is 4.06. The van der Waals surface area contributed by atoms with Gasteiger partial charge in [0, 0.05) is 19.2 Å². The molecule has 4 nitrogen and oxygen atoms in total. The normalized spacial score (nSPS) is 15.1. The highest BCUT2D eigenvalue weighted by Crippen LogP contribution is 2.27. The van der Waals surface area contributed by atoms with Gasteiger partial charge in [-0.15, -0.1) is 0 Å². The van der Waals surface area contributed by atoms with E-state index in [1.807, 2.05) is 32.0 Å². The fourth-order valence-electron chi connectivity index (χ4n) is 3.36. The Labute approximate surface area is 145 Å². The number of carbonyl (C=O) groups is 2. The van der Waals surface area contributed by atoms with Crippen LogP contribution in [-0.4, -0.2) is 30.3 Å². The summed E-state index contributed by atoms with van der Waals surface area (Å²) in [5.74, 6) is 0.619. The van der Waals surface area contributed by atoms with Crippen LogP contribution in [-0.2, 0) is 9.59 Å².